The van der Waals surface area contributed by atoms with Gasteiger partial charge in [0.05, 0.1) is 0 Å². The molecular formula is C21H31NS. The third-order valence-electron chi connectivity index (χ3n) is 6.06. The summed E-state index contributed by atoms with van der Waals surface area (Å²) in [6, 6.07) is 13.7. The van der Waals surface area contributed by atoms with Gasteiger partial charge >= 0.3 is 0 Å². The predicted octanol–water partition coefficient (Wildman–Crippen LogP) is 6.21. The van der Waals surface area contributed by atoms with Gasteiger partial charge in [-0.25, -0.2) is 0 Å². The van der Waals surface area contributed by atoms with Crippen molar-refractivity contribution in [1.82, 2.24) is 5.32 Å². The molecule has 1 fully saturated rings. The van der Waals surface area contributed by atoms with Gasteiger partial charge in [-0.05, 0) is 52.7 Å². The van der Waals surface area contributed by atoms with Crippen molar-refractivity contribution in [1.29, 1.82) is 0 Å². The molecule has 1 nitrogen and oxygen atoms in total. The lowest BCUT2D eigenvalue weighted by molar-refractivity contribution is 0.0685. The Labute approximate surface area is 146 Å². The predicted molar refractivity (Wildman–Crippen MR) is 104 cm³/mol. The average molecular weight is 330 g/mol. The van der Waals surface area contributed by atoms with Crippen LogP contribution >= 0.6 is 11.3 Å². The number of hydrogen-bond acceptors (Lipinski definition) is 2. The van der Waals surface area contributed by atoms with Gasteiger partial charge in [0, 0.05) is 18.9 Å². The second kappa shape index (κ2) is 6.78. The van der Waals surface area contributed by atoms with Crippen molar-refractivity contribution >= 4 is 11.3 Å². The van der Waals surface area contributed by atoms with Crippen molar-refractivity contribution < 1.29 is 1.43 Å². The highest BCUT2D eigenvalue weighted by Gasteiger charge is 2.38. The molecule has 3 rings (SSSR count). The lowest BCUT2D eigenvalue weighted by atomic mass is 9.63. The zero-order chi connectivity index (χ0) is 16.4. The van der Waals surface area contributed by atoms with Crippen molar-refractivity contribution in [3.05, 3.63) is 46.7 Å². The number of benzene rings is 1. The normalized spacial score (nSPS) is 27.0. The van der Waals surface area contributed by atoms with Crippen LogP contribution in [0.5, 0.6) is 0 Å². The van der Waals surface area contributed by atoms with Gasteiger partial charge in [0.1, 0.15) is 0 Å². The summed E-state index contributed by atoms with van der Waals surface area (Å²) in [6.07, 6.45) is 2.63. The zero-order valence-corrected chi connectivity index (χ0v) is 15.6. The number of hydrogen-bond donors (Lipinski definition) is 1. The fourth-order valence-electron chi connectivity index (χ4n) is 3.85. The molecule has 0 amide bonds. The summed E-state index contributed by atoms with van der Waals surface area (Å²) >= 11 is 1.87. The van der Waals surface area contributed by atoms with Crippen LogP contribution in [0.1, 0.15) is 46.8 Å². The van der Waals surface area contributed by atoms with Crippen LogP contribution in [-0.4, -0.2) is 6.04 Å². The molecule has 1 aliphatic rings. The number of nitrogens with one attached hydrogen (secondary N) is 1. The molecule has 1 aliphatic carbocycles. The second-order valence-corrected chi connectivity index (χ2v) is 8.83. The molecule has 1 aromatic carbocycles. The molecule has 0 bridgehead atoms. The van der Waals surface area contributed by atoms with Crippen molar-refractivity contribution in [3.8, 4) is 11.1 Å². The van der Waals surface area contributed by atoms with E-state index in [0.717, 1.165) is 18.4 Å². The van der Waals surface area contributed by atoms with Gasteiger partial charge in [0.15, 0.2) is 0 Å². The molecule has 126 valence electrons. The fourth-order valence-corrected chi connectivity index (χ4v) is 4.70. The number of thiophene rings is 1. The van der Waals surface area contributed by atoms with Gasteiger partial charge in [-0.15, -0.1) is 11.3 Å². The van der Waals surface area contributed by atoms with Crippen molar-refractivity contribution in [2.75, 3.05) is 0 Å². The minimum absolute atomic E-state index is 0. The maximum Gasteiger partial charge on any atom is 0.0302 e. The van der Waals surface area contributed by atoms with E-state index >= 15 is 0 Å². The molecule has 23 heavy (non-hydrogen) atoms. The molecule has 3 atom stereocenters. The van der Waals surface area contributed by atoms with E-state index in [4.69, 9.17) is 0 Å². The molecule has 0 saturated heterocycles. The molecular weight excluding hydrogens is 298 g/mol. The highest BCUT2D eigenvalue weighted by atomic mass is 32.1. The van der Waals surface area contributed by atoms with Crippen LogP contribution in [0.25, 0.3) is 11.1 Å². The molecule has 1 N–H and O–H groups in total. The Bertz CT molecular complexity index is 634. The minimum atomic E-state index is 0. The standard InChI is InChI=1S/C21H29NS.H2/c1-15-16(2)21(3,4)11-10-20(15)22-13-19-12-18(14-23-19)17-8-6-5-7-9-17;/h5-9,12,14-16,20,22H,10-11,13H2,1-4H3;1H/t15-,16?,20-;/m1./s1. The van der Waals surface area contributed by atoms with Crippen LogP contribution in [0.2, 0.25) is 0 Å². The summed E-state index contributed by atoms with van der Waals surface area (Å²) in [7, 11) is 0. The molecule has 1 heterocycles. The highest BCUT2D eigenvalue weighted by molar-refractivity contribution is 7.10. The summed E-state index contributed by atoms with van der Waals surface area (Å²) < 4.78 is 0. The molecule has 0 spiro atoms. The van der Waals surface area contributed by atoms with E-state index in [0.29, 0.717) is 11.5 Å². The van der Waals surface area contributed by atoms with E-state index in [1.165, 1.54) is 28.8 Å². The second-order valence-electron chi connectivity index (χ2n) is 7.83. The molecule has 1 saturated carbocycles. The van der Waals surface area contributed by atoms with Crippen molar-refractivity contribution in [2.24, 2.45) is 17.3 Å². The maximum absolute atomic E-state index is 3.83. The SMILES string of the molecule is CC1[C@@H](C)[C@H](NCc2cc(-c3ccccc3)cs2)CCC1(C)C.[HH]. The molecule has 0 aliphatic heterocycles. The maximum atomic E-state index is 3.83. The lowest BCUT2D eigenvalue weighted by Crippen LogP contribution is -2.46. The van der Waals surface area contributed by atoms with Gasteiger partial charge in [0.2, 0.25) is 0 Å². The molecule has 0 radical (unpaired) electrons. The van der Waals surface area contributed by atoms with E-state index < -0.39 is 0 Å². The molecule has 2 aromatic rings. The van der Waals surface area contributed by atoms with Crippen molar-refractivity contribution in [2.45, 2.75) is 53.1 Å². The Morgan fingerprint density at radius 2 is 1.91 bits per heavy atom. The van der Waals surface area contributed by atoms with Gasteiger partial charge in [-0.3, -0.25) is 0 Å². The van der Waals surface area contributed by atoms with Crippen LogP contribution in [0, 0.1) is 17.3 Å². The third-order valence-corrected chi connectivity index (χ3v) is 6.99. The largest absolute Gasteiger partial charge is 0.309 e. The van der Waals surface area contributed by atoms with E-state index in [2.05, 4.69) is 74.8 Å². The van der Waals surface area contributed by atoms with Crippen LogP contribution in [0.4, 0.5) is 0 Å². The van der Waals surface area contributed by atoms with Gasteiger partial charge in [-0.2, -0.15) is 0 Å². The summed E-state index contributed by atoms with van der Waals surface area (Å²) in [4.78, 5) is 1.44. The van der Waals surface area contributed by atoms with Gasteiger partial charge < -0.3 is 5.32 Å². The van der Waals surface area contributed by atoms with Gasteiger partial charge in [0.25, 0.3) is 0 Å². The molecule has 1 aromatic heterocycles. The summed E-state index contributed by atoms with van der Waals surface area (Å²) in [5.74, 6) is 1.52. The average Bonchev–Trinajstić information content (AvgIpc) is 3.02. The van der Waals surface area contributed by atoms with Crippen LogP contribution in [0.3, 0.4) is 0 Å². The first-order valence-corrected chi connectivity index (χ1v) is 9.71. The van der Waals surface area contributed by atoms with Crippen LogP contribution in [-0.2, 0) is 6.54 Å². The summed E-state index contributed by atoms with van der Waals surface area (Å²) in [5, 5.41) is 6.11. The van der Waals surface area contributed by atoms with E-state index in [9.17, 15) is 0 Å². The molecule has 2 heteroatoms. The Hall–Kier alpha value is -1.12. The monoisotopic (exact) mass is 329 g/mol. The molecule has 1 unspecified atom stereocenters. The first-order valence-electron chi connectivity index (χ1n) is 8.83. The quantitative estimate of drug-likeness (QED) is 0.703. The summed E-state index contributed by atoms with van der Waals surface area (Å²) in [6.45, 7) is 10.7. The Morgan fingerprint density at radius 3 is 2.65 bits per heavy atom. The first kappa shape index (κ1) is 16.7. The van der Waals surface area contributed by atoms with Crippen LogP contribution in [0.15, 0.2) is 41.8 Å². The van der Waals surface area contributed by atoms with Gasteiger partial charge in [-0.1, -0.05) is 58.0 Å². The Balaban J connectivity index is 0.00000208. The topological polar surface area (TPSA) is 12.0 Å². The number of rotatable bonds is 4. The summed E-state index contributed by atoms with van der Waals surface area (Å²) in [5.41, 5.74) is 3.15. The zero-order valence-electron chi connectivity index (χ0n) is 14.8. The smallest absolute Gasteiger partial charge is 0.0302 e. The fraction of sp³-hybridized carbons (Fsp3) is 0.524. The van der Waals surface area contributed by atoms with Crippen molar-refractivity contribution in [3.63, 3.8) is 0 Å². The van der Waals surface area contributed by atoms with E-state index in [1.807, 2.05) is 11.3 Å². The van der Waals surface area contributed by atoms with E-state index in [1.54, 1.807) is 0 Å². The Morgan fingerprint density at radius 1 is 1.17 bits per heavy atom. The third kappa shape index (κ3) is 3.70. The van der Waals surface area contributed by atoms with E-state index in [-0.39, 0.29) is 1.43 Å². The lowest BCUT2D eigenvalue weighted by Gasteiger charge is -2.45. The first-order chi connectivity index (χ1) is 11.0. The minimum Gasteiger partial charge on any atom is -0.309 e. The highest BCUT2D eigenvalue weighted by Crippen LogP contribution is 2.43. The van der Waals surface area contributed by atoms with Crippen LogP contribution < -0.4 is 5.32 Å². The Kier molecular flexibility index (Phi) is 4.93.